The fourth-order valence-electron chi connectivity index (χ4n) is 2.96. The summed E-state index contributed by atoms with van der Waals surface area (Å²) in [5.74, 6) is -1.15. The highest BCUT2D eigenvalue weighted by molar-refractivity contribution is 5.91. The third kappa shape index (κ3) is 9.15. The molecule has 0 saturated heterocycles. The van der Waals surface area contributed by atoms with Crippen molar-refractivity contribution in [3.63, 3.8) is 0 Å². The number of rotatable bonds is 12. The van der Waals surface area contributed by atoms with E-state index in [9.17, 15) is 13.6 Å². The summed E-state index contributed by atoms with van der Waals surface area (Å²) in [7, 11) is 2.88. The van der Waals surface area contributed by atoms with E-state index < -0.39 is 17.7 Å². The minimum absolute atomic E-state index is 0.0160. The van der Waals surface area contributed by atoms with Gasteiger partial charge in [-0.25, -0.2) is 13.6 Å². The second-order valence-corrected chi connectivity index (χ2v) is 8.93. The first-order chi connectivity index (χ1) is 16.1. The van der Waals surface area contributed by atoms with Gasteiger partial charge >= 0.3 is 6.03 Å². The summed E-state index contributed by atoms with van der Waals surface area (Å²) in [6.45, 7) is 7.98. The lowest BCUT2D eigenvalue weighted by atomic mass is 9.92. The molecule has 0 radical (unpaired) electrons. The zero-order chi connectivity index (χ0) is 25.1. The summed E-state index contributed by atoms with van der Waals surface area (Å²) in [6, 6.07) is 8.49. The second-order valence-electron chi connectivity index (χ2n) is 8.93. The van der Waals surface area contributed by atoms with E-state index in [1.807, 2.05) is 12.1 Å². The molecule has 0 bridgehead atoms. The molecule has 0 aromatic heterocycles. The monoisotopic (exact) mass is 480 g/mol. The van der Waals surface area contributed by atoms with Gasteiger partial charge in [0, 0.05) is 32.3 Å². The number of methoxy groups -OCH3 is 2. The molecule has 2 rings (SSSR count). The summed E-state index contributed by atoms with van der Waals surface area (Å²) in [4.78, 5) is 14.7. The molecule has 0 aliphatic heterocycles. The largest absolute Gasteiger partial charge is 0.494 e. The summed E-state index contributed by atoms with van der Waals surface area (Å²) in [6.07, 6.45) is 0.726. The topological polar surface area (TPSA) is 69.3 Å². The van der Waals surface area contributed by atoms with Crippen molar-refractivity contribution in [3.8, 4) is 11.5 Å². The van der Waals surface area contributed by atoms with E-state index in [4.69, 9.17) is 18.9 Å². The fourth-order valence-corrected chi connectivity index (χ4v) is 2.96. The molecule has 0 spiro atoms. The molecule has 0 aliphatic carbocycles. The molecular formula is C25H34F2N2O5. The molecule has 0 unspecified atom stereocenters. The number of anilines is 1. The molecule has 0 heterocycles. The molecule has 0 aliphatic rings. The number of nitrogens with zero attached hydrogens (tertiary/aromatic N) is 1. The Morgan fingerprint density at radius 3 is 2.38 bits per heavy atom. The minimum atomic E-state index is -0.907. The summed E-state index contributed by atoms with van der Waals surface area (Å²) in [5, 5.41) is 2.54. The number of carbonyl (C=O) groups is 1. The number of ether oxygens (including phenoxy) is 4. The van der Waals surface area contributed by atoms with E-state index in [0.29, 0.717) is 31.6 Å². The van der Waals surface area contributed by atoms with E-state index in [2.05, 4.69) is 26.1 Å². The van der Waals surface area contributed by atoms with Gasteiger partial charge in [-0.2, -0.15) is 0 Å². The van der Waals surface area contributed by atoms with Crippen LogP contribution in [0.25, 0.3) is 0 Å². The number of benzene rings is 2. The van der Waals surface area contributed by atoms with E-state index in [1.165, 1.54) is 7.11 Å². The second kappa shape index (κ2) is 13.1. The average molecular weight is 481 g/mol. The van der Waals surface area contributed by atoms with Gasteiger partial charge in [-0.1, -0.05) is 32.9 Å². The van der Waals surface area contributed by atoms with Crippen LogP contribution in [0.5, 0.6) is 11.5 Å². The lowest BCUT2D eigenvalue weighted by Crippen LogP contribution is -2.37. The van der Waals surface area contributed by atoms with Crippen LogP contribution in [0.2, 0.25) is 0 Å². The Kier molecular flexibility index (Phi) is 10.5. The molecular weight excluding hydrogens is 446 g/mol. The van der Waals surface area contributed by atoms with Crippen LogP contribution in [0.4, 0.5) is 19.3 Å². The van der Waals surface area contributed by atoms with Gasteiger partial charge in [0.2, 0.25) is 0 Å². The van der Waals surface area contributed by atoms with E-state index in [-0.39, 0.29) is 30.2 Å². The lowest BCUT2D eigenvalue weighted by Gasteiger charge is -2.27. The predicted molar refractivity (Wildman–Crippen MR) is 126 cm³/mol. The Bertz CT molecular complexity index is 917. The molecule has 1 N–H and O–H groups in total. The van der Waals surface area contributed by atoms with Gasteiger partial charge in [-0.15, -0.1) is 0 Å². The molecule has 0 atom stereocenters. The van der Waals surface area contributed by atoms with E-state index in [0.717, 1.165) is 18.1 Å². The molecule has 2 amide bonds. The molecule has 0 fully saturated rings. The zero-order valence-electron chi connectivity index (χ0n) is 20.5. The van der Waals surface area contributed by atoms with Crippen molar-refractivity contribution in [3.05, 3.63) is 53.6 Å². The van der Waals surface area contributed by atoms with Crippen molar-refractivity contribution in [1.29, 1.82) is 0 Å². The van der Waals surface area contributed by atoms with Crippen LogP contribution in [-0.2, 0) is 16.0 Å². The van der Waals surface area contributed by atoms with Crippen LogP contribution in [0.1, 0.15) is 32.8 Å². The highest BCUT2D eigenvalue weighted by Gasteiger charge is 2.21. The van der Waals surface area contributed by atoms with Gasteiger partial charge in [0.05, 0.1) is 20.3 Å². The van der Waals surface area contributed by atoms with Crippen LogP contribution >= 0.6 is 0 Å². The third-order valence-electron chi connectivity index (χ3n) is 4.93. The Morgan fingerprint density at radius 2 is 1.76 bits per heavy atom. The molecule has 2 aromatic carbocycles. The number of hydrogen-bond donors (Lipinski definition) is 1. The van der Waals surface area contributed by atoms with Crippen LogP contribution in [0, 0.1) is 17.0 Å². The number of nitrogens with one attached hydrogen (secondary N) is 1. The number of amides is 2. The first-order valence-electron chi connectivity index (χ1n) is 11.0. The van der Waals surface area contributed by atoms with Gasteiger partial charge in [0.1, 0.15) is 23.0 Å². The summed E-state index contributed by atoms with van der Waals surface area (Å²) < 4.78 is 48.6. The van der Waals surface area contributed by atoms with Crippen molar-refractivity contribution in [2.24, 2.45) is 5.41 Å². The third-order valence-corrected chi connectivity index (χ3v) is 4.93. The maximum atomic E-state index is 14.4. The standard InChI is InChI=1S/C25H34F2N2O5/c1-25(2,3)10-11-29(24(30)28-23-21(27)14-19(26)15-22(23)32-5)16-18-6-8-20(9-7-18)34-17-33-13-12-31-4/h6-9,14-15H,10-13,16-17H2,1-5H3,(H,28,30). The quantitative estimate of drug-likeness (QED) is 0.324. The van der Waals surface area contributed by atoms with Crippen molar-refractivity contribution in [1.82, 2.24) is 4.90 Å². The van der Waals surface area contributed by atoms with Gasteiger partial charge in [-0.05, 0) is 29.5 Å². The normalized spacial score (nSPS) is 11.3. The van der Waals surface area contributed by atoms with Crippen molar-refractivity contribution in [2.45, 2.75) is 33.7 Å². The Balaban J connectivity index is 2.10. The molecule has 34 heavy (non-hydrogen) atoms. The number of urea groups is 1. The molecule has 9 heteroatoms. The number of carbonyl (C=O) groups excluding carboxylic acids is 1. The predicted octanol–water partition coefficient (Wildman–Crippen LogP) is 5.44. The van der Waals surface area contributed by atoms with Crippen LogP contribution in [0.3, 0.4) is 0 Å². The van der Waals surface area contributed by atoms with Crippen LogP contribution in [0.15, 0.2) is 36.4 Å². The smallest absolute Gasteiger partial charge is 0.322 e. The number of hydrogen-bond acceptors (Lipinski definition) is 5. The van der Waals surface area contributed by atoms with Crippen LogP contribution in [-0.4, -0.2) is 51.7 Å². The molecule has 0 saturated carbocycles. The highest BCUT2D eigenvalue weighted by Crippen LogP contribution is 2.29. The zero-order valence-corrected chi connectivity index (χ0v) is 20.5. The lowest BCUT2D eigenvalue weighted by molar-refractivity contribution is -0.00847. The number of halogens is 2. The van der Waals surface area contributed by atoms with E-state index in [1.54, 1.807) is 24.1 Å². The minimum Gasteiger partial charge on any atom is -0.494 e. The van der Waals surface area contributed by atoms with Gasteiger partial charge < -0.3 is 29.2 Å². The summed E-state index contributed by atoms with van der Waals surface area (Å²) >= 11 is 0. The molecule has 7 nitrogen and oxygen atoms in total. The summed E-state index contributed by atoms with van der Waals surface area (Å²) in [5.41, 5.74) is 0.646. The maximum Gasteiger partial charge on any atom is 0.322 e. The van der Waals surface area contributed by atoms with Crippen molar-refractivity contribution < 1.29 is 32.5 Å². The maximum absolute atomic E-state index is 14.4. The average Bonchev–Trinajstić information content (AvgIpc) is 2.78. The van der Waals surface area contributed by atoms with Crippen molar-refractivity contribution >= 4 is 11.7 Å². The first-order valence-corrected chi connectivity index (χ1v) is 11.0. The molecule has 188 valence electrons. The molecule has 2 aromatic rings. The SMILES string of the molecule is COCCOCOc1ccc(CN(CCC(C)(C)C)C(=O)Nc2c(F)cc(F)cc2OC)cc1. The Morgan fingerprint density at radius 1 is 1.06 bits per heavy atom. The van der Waals surface area contributed by atoms with Crippen LogP contribution < -0.4 is 14.8 Å². The Labute approximate surface area is 199 Å². The highest BCUT2D eigenvalue weighted by atomic mass is 19.1. The van der Waals surface area contributed by atoms with Gasteiger partial charge in [0.15, 0.2) is 12.6 Å². The van der Waals surface area contributed by atoms with Gasteiger partial charge in [0.25, 0.3) is 0 Å². The van der Waals surface area contributed by atoms with Crippen molar-refractivity contribution in [2.75, 3.05) is 46.1 Å². The first kappa shape index (κ1) is 27.3. The van der Waals surface area contributed by atoms with E-state index >= 15 is 0 Å². The Hall–Kier alpha value is -2.91. The van der Waals surface area contributed by atoms with Gasteiger partial charge in [-0.3, -0.25) is 0 Å². The fraction of sp³-hybridized carbons (Fsp3) is 0.480.